The number of carbonyl (C=O) groups excluding carboxylic acids is 4. The maximum absolute atomic E-state index is 12.7. The first-order chi connectivity index (χ1) is 12.4. The van der Waals surface area contributed by atoms with Gasteiger partial charge in [-0.1, -0.05) is 29.8 Å². The standard InChI is InChI=1S/C18H22N4O4/c1-12-4-3-5-14(8-12)10-20-6-7-21(13(2)17(20)25)16(24)11-22-15(23)9-19-18(22)26/h3-5,8,13H,6-7,9-11H2,1-2H3,(H,19,26). The molecule has 1 unspecified atom stereocenters. The molecule has 26 heavy (non-hydrogen) atoms. The van der Waals surface area contributed by atoms with E-state index in [4.69, 9.17) is 0 Å². The summed E-state index contributed by atoms with van der Waals surface area (Å²) in [6, 6.07) is 6.77. The average molecular weight is 358 g/mol. The van der Waals surface area contributed by atoms with Crippen LogP contribution in [0.5, 0.6) is 0 Å². The van der Waals surface area contributed by atoms with Crippen molar-refractivity contribution in [2.45, 2.75) is 26.4 Å². The predicted octanol–water partition coefficient (Wildman–Crippen LogP) is 0.106. The lowest BCUT2D eigenvalue weighted by Gasteiger charge is -2.39. The SMILES string of the molecule is Cc1cccc(CN2CCN(C(=O)CN3C(=O)CNC3=O)C(C)C2=O)c1. The second-order valence-corrected chi connectivity index (χ2v) is 6.65. The van der Waals surface area contributed by atoms with Gasteiger partial charge in [0.05, 0.1) is 6.54 Å². The molecule has 8 nitrogen and oxygen atoms in total. The third-order valence-electron chi connectivity index (χ3n) is 4.75. The van der Waals surface area contributed by atoms with Crippen molar-refractivity contribution >= 4 is 23.8 Å². The Kier molecular flexibility index (Phi) is 4.92. The lowest BCUT2D eigenvalue weighted by Crippen LogP contribution is -2.59. The molecule has 2 fully saturated rings. The van der Waals surface area contributed by atoms with Crippen molar-refractivity contribution in [1.82, 2.24) is 20.0 Å². The van der Waals surface area contributed by atoms with Crippen LogP contribution in [0.25, 0.3) is 0 Å². The minimum Gasteiger partial charge on any atom is -0.335 e. The molecule has 0 spiro atoms. The largest absolute Gasteiger partial charge is 0.335 e. The fourth-order valence-electron chi connectivity index (χ4n) is 3.30. The van der Waals surface area contributed by atoms with Gasteiger partial charge in [0.25, 0.3) is 5.91 Å². The van der Waals surface area contributed by atoms with Gasteiger partial charge in [-0.3, -0.25) is 19.3 Å². The number of hydrogen-bond acceptors (Lipinski definition) is 4. The normalized spacial score (nSPS) is 20.6. The Labute approximate surface area is 151 Å². The van der Waals surface area contributed by atoms with Gasteiger partial charge in [-0.2, -0.15) is 0 Å². The van der Waals surface area contributed by atoms with Crippen LogP contribution in [0.15, 0.2) is 24.3 Å². The molecule has 0 radical (unpaired) electrons. The molecule has 2 aliphatic heterocycles. The molecule has 2 aliphatic rings. The molecule has 2 saturated heterocycles. The van der Waals surface area contributed by atoms with Gasteiger partial charge in [-0.25, -0.2) is 4.79 Å². The Morgan fingerprint density at radius 1 is 1.23 bits per heavy atom. The van der Waals surface area contributed by atoms with E-state index in [0.29, 0.717) is 19.6 Å². The molecule has 5 amide bonds. The molecule has 2 heterocycles. The summed E-state index contributed by atoms with van der Waals surface area (Å²) < 4.78 is 0. The van der Waals surface area contributed by atoms with Gasteiger partial charge in [0.1, 0.15) is 12.6 Å². The van der Waals surface area contributed by atoms with E-state index < -0.39 is 23.9 Å². The molecule has 1 N–H and O–H groups in total. The Bertz CT molecular complexity index is 747. The van der Waals surface area contributed by atoms with E-state index in [1.165, 1.54) is 4.90 Å². The number of imide groups is 1. The zero-order chi connectivity index (χ0) is 18.8. The van der Waals surface area contributed by atoms with Crippen LogP contribution in [0.1, 0.15) is 18.1 Å². The molecule has 138 valence electrons. The number of benzene rings is 1. The Hall–Kier alpha value is -2.90. The summed E-state index contributed by atoms with van der Waals surface area (Å²) >= 11 is 0. The average Bonchev–Trinajstić information content (AvgIpc) is 2.91. The first-order valence-corrected chi connectivity index (χ1v) is 8.59. The molecule has 3 rings (SSSR count). The summed E-state index contributed by atoms with van der Waals surface area (Å²) in [5.41, 5.74) is 2.18. The molecule has 1 aromatic rings. The highest BCUT2D eigenvalue weighted by molar-refractivity contribution is 6.04. The summed E-state index contributed by atoms with van der Waals surface area (Å²) in [5, 5.41) is 2.38. The third kappa shape index (κ3) is 3.54. The van der Waals surface area contributed by atoms with Crippen molar-refractivity contribution < 1.29 is 19.2 Å². The summed E-state index contributed by atoms with van der Waals surface area (Å²) in [5.74, 6) is -0.963. The van der Waals surface area contributed by atoms with Crippen molar-refractivity contribution in [3.63, 3.8) is 0 Å². The van der Waals surface area contributed by atoms with E-state index in [1.807, 2.05) is 31.2 Å². The number of nitrogens with one attached hydrogen (secondary N) is 1. The second-order valence-electron chi connectivity index (χ2n) is 6.65. The maximum Gasteiger partial charge on any atom is 0.325 e. The number of piperazine rings is 1. The zero-order valence-electron chi connectivity index (χ0n) is 14.9. The Balaban J connectivity index is 1.63. The number of rotatable bonds is 4. The Morgan fingerprint density at radius 3 is 2.65 bits per heavy atom. The van der Waals surface area contributed by atoms with E-state index in [2.05, 4.69) is 5.32 Å². The minimum absolute atomic E-state index is 0.0924. The number of urea groups is 1. The van der Waals surface area contributed by atoms with Crippen molar-refractivity contribution in [3.05, 3.63) is 35.4 Å². The molecule has 0 saturated carbocycles. The molecular weight excluding hydrogens is 336 g/mol. The van der Waals surface area contributed by atoms with Crippen LogP contribution >= 0.6 is 0 Å². The first kappa shape index (κ1) is 17.9. The molecule has 0 bridgehead atoms. The van der Waals surface area contributed by atoms with Crippen LogP contribution in [-0.2, 0) is 20.9 Å². The molecular formula is C18H22N4O4. The molecule has 8 heteroatoms. The number of aryl methyl sites for hydroxylation is 1. The quantitative estimate of drug-likeness (QED) is 0.774. The lowest BCUT2D eigenvalue weighted by atomic mass is 10.1. The third-order valence-corrected chi connectivity index (χ3v) is 4.75. The monoisotopic (exact) mass is 358 g/mol. The fraction of sp³-hybridized carbons (Fsp3) is 0.444. The summed E-state index contributed by atoms with van der Waals surface area (Å²) in [7, 11) is 0. The zero-order valence-corrected chi connectivity index (χ0v) is 14.9. The summed E-state index contributed by atoms with van der Waals surface area (Å²) in [6.07, 6.45) is 0. The summed E-state index contributed by atoms with van der Waals surface area (Å²) in [4.78, 5) is 52.4. The highest BCUT2D eigenvalue weighted by atomic mass is 16.2. The summed E-state index contributed by atoms with van der Waals surface area (Å²) in [6.45, 7) is 4.55. The topological polar surface area (TPSA) is 90.0 Å². The number of carbonyl (C=O) groups is 4. The van der Waals surface area contributed by atoms with Crippen molar-refractivity contribution in [3.8, 4) is 0 Å². The minimum atomic E-state index is -0.623. The van der Waals surface area contributed by atoms with E-state index in [1.54, 1.807) is 11.8 Å². The van der Waals surface area contributed by atoms with Gasteiger partial charge >= 0.3 is 6.03 Å². The van der Waals surface area contributed by atoms with Crippen molar-refractivity contribution in [2.75, 3.05) is 26.2 Å². The predicted molar refractivity (Wildman–Crippen MR) is 92.9 cm³/mol. The number of hydrogen-bond donors (Lipinski definition) is 1. The Morgan fingerprint density at radius 2 is 2.00 bits per heavy atom. The van der Waals surface area contributed by atoms with Crippen LogP contribution < -0.4 is 5.32 Å². The van der Waals surface area contributed by atoms with E-state index >= 15 is 0 Å². The van der Waals surface area contributed by atoms with Gasteiger partial charge in [-0.05, 0) is 19.4 Å². The van der Waals surface area contributed by atoms with Crippen LogP contribution in [0.4, 0.5) is 4.79 Å². The van der Waals surface area contributed by atoms with E-state index in [0.717, 1.165) is 16.0 Å². The van der Waals surface area contributed by atoms with Gasteiger partial charge in [0.15, 0.2) is 0 Å². The maximum atomic E-state index is 12.7. The molecule has 1 aromatic carbocycles. The van der Waals surface area contributed by atoms with Gasteiger partial charge in [0.2, 0.25) is 11.8 Å². The molecule has 1 atom stereocenters. The number of nitrogens with zero attached hydrogens (tertiary/aromatic N) is 3. The highest BCUT2D eigenvalue weighted by Gasteiger charge is 2.37. The van der Waals surface area contributed by atoms with Crippen molar-refractivity contribution in [1.29, 1.82) is 0 Å². The van der Waals surface area contributed by atoms with Crippen molar-refractivity contribution in [2.24, 2.45) is 0 Å². The van der Waals surface area contributed by atoms with Crippen LogP contribution in [0, 0.1) is 6.92 Å². The smallest absolute Gasteiger partial charge is 0.325 e. The van der Waals surface area contributed by atoms with Gasteiger partial charge in [0, 0.05) is 19.6 Å². The van der Waals surface area contributed by atoms with Crippen LogP contribution in [0.2, 0.25) is 0 Å². The van der Waals surface area contributed by atoms with Crippen LogP contribution in [0.3, 0.4) is 0 Å². The molecule has 0 aromatic heterocycles. The lowest BCUT2D eigenvalue weighted by molar-refractivity contribution is -0.151. The van der Waals surface area contributed by atoms with E-state index in [-0.39, 0.29) is 19.0 Å². The highest BCUT2D eigenvalue weighted by Crippen LogP contribution is 2.16. The number of amides is 5. The first-order valence-electron chi connectivity index (χ1n) is 8.59. The second kappa shape index (κ2) is 7.15. The van der Waals surface area contributed by atoms with Gasteiger partial charge in [-0.15, -0.1) is 0 Å². The molecule has 0 aliphatic carbocycles. The van der Waals surface area contributed by atoms with E-state index in [9.17, 15) is 19.2 Å². The van der Waals surface area contributed by atoms with Gasteiger partial charge < -0.3 is 15.1 Å². The van der Waals surface area contributed by atoms with Crippen LogP contribution in [-0.4, -0.2) is 70.7 Å². The fourth-order valence-corrected chi connectivity index (χ4v) is 3.30.